The molecule has 2 aromatic heterocycles. The van der Waals surface area contributed by atoms with Gasteiger partial charge in [-0.25, -0.2) is 9.97 Å². The van der Waals surface area contributed by atoms with E-state index < -0.39 is 5.91 Å². The van der Waals surface area contributed by atoms with Crippen LogP contribution in [0.4, 0.5) is 0 Å². The Morgan fingerprint density at radius 3 is 2.67 bits per heavy atom. The molecule has 0 radical (unpaired) electrons. The molecule has 1 aromatic carbocycles. The monoisotopic (exact) mass is 238 g/mol. The second-order valence-corrected chi connectivity index (χ2v) is 3.92. The molecule has 0 saturated carbocycles. The molecular formula is C13H10N4O. The van der Waals surface area contributed by atoms with Gasteiger partial charge in [-0.2, -0.15) is 0 Å². The standard InChI is InChI=1S/C13H10N4O/c14-13(18)10-1-2-12-9(5-10)3-4-17(12)11-6-15-8-16-7-11/h1-8H,(H2,14,18). The first-order chi connectivity index (χ1) is 8.75. The number of rotatable bonds is 2. The molecule has 0 spiro atoms. The Kier molecular flexibility index (Phi) is 2.30. The average molecular weight is 238 g/mol. The van der Waals surface area contributed by atoms with Crippen LogP contribution in [0.15, 0.2) is 49.2 Å². The zero-order chi connectivity index (χ0) is 12.5. The molecule has 0 aliphatic heterocycles. The summed E-state index contributed by atoms with van der Waals surface area (Å²) in [6.07, 6.45) is 6.86. The highest BCUT2D eigenvalue weighted by Gasteiger charge is 2.06. The fourth-order valence-electron chi connectivity index (χ4n) is 1.94. The van der Waals surface area contributed by atoms with Crippen molar-refractivity contribution >= 4 is 16.8 Å². The van der Waals surface area contributed by atoms with Gasteiger partial charge in [-0.05, 0) is 24.3 Å². The van der Waals surface area contributed by atoms with Crippen LogP contribution in [0.3, 0.4) is 0 Å². The third kappa shape index (κ3) is 1.62. The minimum absolute atomic E-state index is 0.423. The molecule has 3 aromatic rings. The molecule has 5 heteroatoms. The van der Waals surface area contributed by atoms with Crippen LogP contribution in [-0.2, 0) is 0 Å². The van der Waals surface area contributed by atoms with Crippen molar-refractivity contribution in [3.05, 3.63) is 54.7 Å². The predicted molar refractivity (Wildman–Crippen MR) is 67.4 cm³/mol. The van der Waals surface area contributed by atoms with Crippen LogP contribution in [0.2, 0.25) is 0 Å². The zero-order valence-electron chi connectivity index (χ0n) is 9.45. The number of hydrogen-bond donors (Lipinski definition) is 1. The summed E-state index contributed by atoms with van der Waals surface area (Å²) in [6.45, 7) is 0. The molecule has 5 nitrogen and oxygen atoms in total. The van der Waals surface area contributed by atoms with Crippen LogP contribution in [0, 0.1) is 0 Å². The summed E-state index contributed by atoms with van der Waals surface area (Å²) in [5, 5.41) is 0.954. The number of carbonyl (C=O) groups is 1. The lowest BCUT2D eigenvalue weighted by Crippen LogP contribution is -2.10. The quantitative estimate of drug-likeness (QED) is 0.735. The highest BCUT2D eigenvalue weighted by atomic mass is 16.1. The van der Waals surface area contributed by atoms with Gasteiger partial charge in [0.15, 0.2) is 0 Å². The Labute approximate surface area is 103 Å². The number of fused-ring (bicyclic) bond motifs is 1. The van der Waals surface area contributed by atoms with Crippen molar-refractivity contribution in [1.29, 1.82) is 0 Å². The van der Waals surface area contributed by atoms with Crippen molar-refractivity contribution in [3.63, 3.8) is 0 Å². The number of amides is 1. The molecule has 0 atom stereocenters. The van der Waals surface area contributed by atoms with Crippen molar-refractivity contribution in [2.45, 2.75) is 0 Å². The van der Waals surface area contributed by atoms with E-state index in [0.717, 1.165) is 16.6 Å². The van der Waals surface area contributed by atoms with E-state index in [9.17, 15) is 4.79 Å². The number of hydrogen-bond acceptors (Lipinski definition) is 3. The molecule has 88 valence electrons. The highest BCUT2D eigenvalue weighted by Crippen LogP contribution is 2.20. The van der Waals surface area contributed by atoms with Gasteiger partial charge in [-0.3, -0.25) is 4.79 Å². The van der Waals surface area contributed by atoms with E-state index in [2.05, 4.69) is 9.97 Å². The van der Waals surface area contributed by atoms with Crippen LogP contribution in [0.1, 0.15) is 10.4 Å². The third-order valence-corrected chi connectivity index (χ3v) is 2.80. The summed E-state index contributed by atoms with van der Waals surface area (Å²) >= 11 is 0. The molecule has 1 amide bonds. The summed E-state index contributed by atoms with van der Waals surface area (Å²) < 4.78 is 1.96. The minimum Gasteiger partial charge on any atom is -0.366 e. The molecule has 0 saturated heterocycles. The predicted octanol–water partition coefficient (Wildman–Crippen LogP) is 1.52. The van der Waals surface area contributed by atoms with Crippen molar-refractivity contribution < 1.29 is 4.79 Å². The molecule has 0 aliphatic carbocycles. The number of nitrogens with zero attached hydrogens (tertiary/aromatic N) is 3. The van der Waals surface area contributed by atoms with Crippen LogP contribution in [0.5, 0.6) is 0 Å². The number of carbonyl (C=O) groups excluding carboxylic acids is 1. The van der Waals surface area contributed by atoms with Crippen LogP contribution >= 0.6 is 0 Å². The second kappa shape index (κ2) is 3.96. The lowest BCUT2D eigenvalue weighted by atomic mass is 10.1. The van der Waals surface area contributed by atoms with Gasteiger partial charge in [0.1, 0.15) is 6.33 Å². The normalized spacial score (nSPS) is 10.7. The van der Waals surface area contributed by atoms with E-state index in [1.807, 2.05) is 22.9 Å². The van der Waals surface area contributed by atoms with Crippen LogP contribution in [-0.4, -0.2) is 20.4 Å². The first-order valence-corrected chi connectivity index (χ1v) is 5.42. The van der Waals surface area contributed by atoms with Crippen molar-refractivity contribution in [1.82, 2.24) is 14.5 Å². The van der Waals surface area contributed by atoms with E-state index >= 15 is 0 Å². The fraction of sp³-hybridized carbons (Fsp3) is 0. The van der Waals surface area contributed by atoms with Gasteiger partial charge in [0.2, 0.25) is 5.91 Å². The summed E-state index contributed by atoms with van der Waals surface area (Å²) in [5.41, 5.74) is 7.62. The molecule has 0 bridgehead atoms. The Hall–Kier alpha value is -2.69. The summed E-state index contributed by atoms with van der Waals surface area (Å²) in [7, 11) is 0. The zero-order valence-corrected chi connectivity index (χ0v) is 9.45. The summed E-state index contributed by atoms with van der Waals surface area (Å²) in [4.78, 5) is 19.1. The maximum atomic E-state index is 11.1. The molecule has 2 N–H and O–H groups in total. The smallest absolute Gasteiger partial charge is 0.248 e. The third-order valence-electron chi connectivity index (χ3n) is 2.80. The second-order valence-electron chi connectivity index (χ2n) is 3.92. The molecule has 2 heterocycles. The van der Waals surface area contributed by atoms with Gasteiger partial charge >= 0.3 is 0 Å². The fourth-order valence-corrected chi connectivity index (χ4v) is 1.94. The topological polar surface area (TPSA) is 73.8 Å². The molecule has 0 aliphatic rings. The number of primary amides is 1. The first kappa shape index (κ1) is 10.5. The summed E-state index contributed by atoms with van der Waals surface area (Å²) in [6, 6.07) is 7.28. The van der Waals surface area contributed by atoms with Gasteiger partial charge in [-0.1, -0.05) is 0 Å². The largest absolute Gasteiger partial charge is 0.366 e. The van der Waals surface area contributed by atoms with Crippen molar-refractivity contribution in [2.24, 2.45) is 5.73 Å². The number of aromatic nitrogens is 3. The lowest BCUT2D eigenvalue weighted by molar-refractivity contribution is 0.100. The van der Waals surface area contributed by atoms with Crippen LogP contribution < -0.4 is 5.73 Å². The van der Waals surface area contributed by atoms with Gasteiger partial charge in [0.05, 0.1) is 23.6 Å². The van der Waals surface area contributed by atoms with E-state index in [1.165, 1.54) is 6.33 Å². The SMILES string of the molecule is NC(=O)c1ccc2c(ccn2-c2cncnc2)c1. The Balaban J connectivity index is 2.19. The number of benzene rings is 1. The first-order valence-electron chi connectivity index (χ1n) is 5.42. The van der Waals surface area contributed by atoms with Crippen LogP contribution in [0.25, 0.3) is 16.6 Å². The molecule has 0 fully saturated rings. The highest BCUT2D eigenvalue weighted by molar-refractivity contribution is 5.97. The van der Waals surface area contributed by atoms with Crippen molar-refractivity contribution in [3.8, 4) is 5.69 Å². The van der Waals surface area contributed by atoms with E-state index in [4.69, 9.17) is 5.73 Å². The van der Waals surface area contributed by atoms with Gasteiger partial charge in [0.25, 0.3) is 0 Å². The lowest BCUT2D eigenvalue weighted by Gasteiger charge is -2.04. The van der Waals surface area contributed by atoms with Crippen molar-refractivity contribution in [2.75, 3.05) is 0 Å². The molecule has 18 heavy (non-hydrogen) atoms. The van der Waals surface area contributed by atoms with E-state index in [0.29, 0.717) is 5.56 Å². The Morgan fingerprint density at radius 2 is 1.94 bits per heavy atom. The number of nitrogens with two attached hydrogens (primary N) is 1. The Bertz CT molecular complexity index is 718. The Morgan fingerprint density at radius 1 is 1.17 bits per heavy atom. The average Bonchev–Trinajstić information content (AvgIpc) is 2.82. The molecular weight excluding hydrogens is 228 g/mol. The van der Waals surface area contributed by atoms with E-state index in [-0.39, 0.29) is 0 Å². The maximum Gasteiger partial charge on any atom is 0.248 e. The molecule has 3 rings (SSSR count). The molecule has 0 unspecified atom stereocenters. The van der Waals surface area contributed by atoms with Gasteiger partial charge in [0, 0.05) is 17.1 Å². The van der Waals surface area contributed by atoms with E-state index in [1.54, 1.807) is 24.5 Å². The minimum atomic E-state index is -0.423. The maximum absolute atomic E-state index is 11.1. The van der Waals surface area contributed by atoms with Gasteiger partial charge < -0.3 is 10.3 Å². The summed E-state index contributed by atoms with van der Waals surface area (Å²) in [5.74, 6) is -0.423. The van der Waals surface area contributed by atoms with Gasteiger partial charge in [-0.15, -0.1) is 0 Å².